The van der Waals surface area contributed by atoms with Crippen LogP contribution in [0.4, 0.5) is 0 Å². The van der Waals surface area contributed by atoms with Gasteiger partial charge in [0.2, 0.25) is 0 Å². The number of rotatable bonds is 9. The van der Waals surface area contributed by atoms with Gasteiger partial charge in [-0.25, -0.2) is 4.18 Å². The van der Waals surface area contributed by atoms with Crippen LogP contribution in [0.2, 0.25) is 0 Å². The molecule has 0 aromatic carbocycles. The molecule has 7 nitrogen and oxygen atoms in total. The molecule has 16 heavy (non-hydrogen) atoms. The molecule has 0 aromatic rings. The van der Waals surface area contributed by atoms with Crippen LogP contribution < -0.4 is 0 Å². The molecular formula is C7H16O7S2. The van der Waals surface area contributed by atoms with Crippen molar-refractivity contribution in [1.29, 1.82) is 0 Å². The van der Waals surface area contributed by atoms with Gasteiger partial charge < -0.3 is 0 Å². The van der Waals surface area contributed by atoms with E-state index >= 15 is 0 Å². The number of unbranched alkanes of at least 4 members (excludes halogenated alkanes) is 3. The van der Waals surface area contributed by atoms with E-state index in [9.17, 15) is 16.8 Å². The zero-order valence-corrected chi connectivity index (χ0v) is 10.8. The molecule has 0 unspecified atom stereocenters. The summed E-state index contributed by atoms with van der Waals surface area (Å²) in [5.41, 5.74) is 0. The maximum atomic E-state index is 10.9. The van der Waals surface area contributed by atoms with Crippen molar-refractivity contribution >= 4 is 20.8 Å². The maximum Gasteiger partial charge on any atom is 0.416 e. The van der Waals surface area contributed by atoms with Gasteiger partial charge in [-0.15, -0.1) is 3.63 Å². The van der Waals surface area contributed by atoms with E-state index in [0.717, 1.165) is 26.4 Å². The van der Waals surface area contributed by atoms with Gasteiger partial charge in [0.15, 0.2) is 0 Å². The van der Waals surface area contributed by atoms with E-state index in [2.05, 4.69) is 12.0 Å². The molecule has 9 heteroatoms. The molecule has 0 saturated heterocycles. The fourth-order valence-electron chi connectivity index (χ4n) is 0.839. The third-order valence-electron chi connectivity index (χ3n) is 1.60. The molecule has 0 bridgehead atoms. The molecule has 0 amide bonds. The molecule has 0 fully saturated rings. The highest BCUT2D eigenvalue weighted by molar-refractivity contribution is 7.95. The monoisotopic (exact) mass is 276 g/mol. The highest BCUT2D eigenvalue weighted by Gasteiger charge is 2.23. The molecule has 0 aromatic heterocycles. The minimum atomic E-state index is -4.55. The topological polar surface area (TPSA) is 96.0 Å². The highest BCUT2D eigenvalue weighted by atomic mass is 32.3. The fourth-order valence-corrected chi connectivity index (χ4v) is 2.36. The summed E-state index contributed by atoms with van der Waals surface area (Å²) in [6, 6.07) is 0. The Bertz CT molecular complexity index is 370. The normalized spacial score (nSPS) is 12.9. The first-order valence-electron chi connectivity index (χ1n) is 4.74. The molecule has 0 rings (SSSR count). The zero-order chi connectivity index (χ0) is 12.7. The molecule has 0 heterocycles. The lowest BCUT2D eigenvalue weighted by molar-refractivity contribution is 0.251. The molecule has 0 atom stereocenters. The Balaban J connectivity index is 3.98. The molecule has 0 N–H and O–H groups in total. The number of hydrogen-bond acceptors (Lipinski definition) is 7. The lowest BCUT2D eigenvalue weighted by Crippen LogP contribution is -2.17. The first-order valence-corrected chi connectivity index (χ1v) is 7.40. The summed E-state index contributed by atoms with van der Waals surface area (Å²) < 4.78 is 55.0. The van der Waals surface area contributed by atoms with Crippen LogP contribution in [0.5, 0.6) is 0 Å². The molecule has 0 saturated carbocycles. The Labute approximate surface area is 96.4 Å². The predicted octanol–water partition coefficient (Wildman–Crippen LogP) is 0.736. The second-order valence-electron chi connectivity index (χ2n) is 2.93. The van der Waals surface area contributed by atoms with Crippen LogP contribution in [0.15, 0.2) is 0 Å². The van der Waals surface area contributed by atoms with Crippen molar-refractivity contribution in [2.75, 3.05) is 13.7 Å². The van der Waals surface area contributed by atoms with Gasteiger partial charge in [-0.2, -0.15) is 16.8 Å². The molecule has 0 spiro atoms. The third-order valence-corrected chi connectivity index (χ3v) is 3.79. The van der Waals surface area contributed by atoms with Gasteiger partial charge in [0, 0.05) is 0 Å². The van der Waals surface area contributed by atoms with Crippen LogP contribution in [-0.2, 0) is 32.8 Å². The Morgan fingerprint density at radius 3 is 2.06 bits per heavy atom. The average molecular weight is 276 g/mol. The van der Waals surface area contributed by atoms with E-state index in [1.807, 2.05) is 6.92 Å². The quantitative estimate of drug-likeness (QED) is 0.573. The third kappa shape index (κ3) is 7.99. The van der Waals surface area contributed by atoms with E-state index in [0.29, 0.717) is 6.42 Å². The van der Waals surface area contributed by atoms with Gasteiger partial charge in [0.1, 0.15) is 0 Å². The number of hydrogen-bond donors (Lipinski definition) is 0. The maximum absolute atomic E-state index is 10.9. The molecule has 0 aliphatic carbocycles. The lowest BCUT2D eigenvalue weighted by Gasteiger charge is -2.04. The molecule has 0 aliphatic rings. The van der Waals surface area contributed by atoms with Gasteiger partial charge in [-0.1, -0.05) is 26.2 Å². The van der Waals surface area contributed by atoms with Crippen molar-refractivity contribution in [2.24, 2.45) is 0 Å². The predicted molar refractivity (Wildman–Crippen MR) is 56.0 cm³/mol. The van der Waals surface area contributed by atoms with Crippen molar-refractivity contribution in [3.63, 3.8) is 0 Å². The first kappa shape index (κ1) is 15.8. The van der Waals surface area contributed by atoms with Crippen molar-refractivity contribution in [1.82, 2.24) is 0 Å². The minimum absolute atomic E-state index is 0.110. The zero-order valence-electron chi connectivity index (χ0n) is 9.21. The minimum Gasteiger partial charge on any atom is -0.251 e. The summed E-state index contributed by atoms with van der Waals surface area (Å²) in [6.07, 6.45) is 3.29. The fraction of sp³-hybridized carbons (Fsp3) is 1.00. The molecule has 98 valence electrons. The Morgan fingerprint density at radius 1 is 0.938 bits per heavy atom. The van der Waals surface area contributed by atoms with Crippen LogP contribution in [0, 0.1) is 0 Å². The van der Waals surface area contributed by atoms with Crippen molar-refractivity contribution in [2.45, 2.75) is 32.6 Å². The van der Waals surface area contributed by atoms with Crippen LogP contribution in [-0.4, -0.2) is 30.6 Å². The summed E-state index contributed by atoms with van der Waals surface area (Å²) >= 11 is 0. The molecule has 0 aliphatic heterocycles. The van der Waals surface area contributed by atoms with E-state index in [4.69, 9.17) is 0 Å². The van der Waals surface area contributed by atoms with Crippen LogP contribution in [0.1, 0.15) is 32.6 Å². The van der Waals surface area contributed by atoms with E-state index < -0.39 is 20.8 Å². The smallest absolute Gasteiger partial charge is 0.251 e. The van der Waals surface area contributed by atoms with Gasteiger partial charge in [-0.3, -0.25) is 4.18 Å². The van der Waals surface area contributed by atoms with Crippen molar-refractivity contribution in [3.05, 3.63) is 0 Å². The molecule has 0 radical (unpaired) electrons. The van der Waals surface area contributed by atoms with Crippen molar-refractivity contribution in [3.8, 4) is 0 Å². The SMILES string of the molecule is CCCCCCOS(=O)(=O)OS(=O)(=O)OC. The lowest BCUT2D eigenvalue weighted by atomic mass is 10.2. The van der Waals surface area contributed by atoms with Gasteiger partial charge in [-0.05, 0) is 6.42 Å². The van der Waals surface area contributed by atoms with Crippen LogP contribution in [0.3, 0.4) is 0 Å². The molecular weight excluding hydrogens is 260 g/mol. The Kier molecular flexibility index (Phi) is 7.07. The largest absolute Gasteiger partial charge is 0.416 e. The van der Waals surface area contributed by atoms with Crippen LogP contribution >= 0.6 is 0 Å². The summed E-state index contributed by atoms with van der Waals surface area (Å²) in [7, 11) is -8.31. The Morgan fingerprint density at radius 2 is 1.56 bits per heavy atom. The van der Waals surface area contributed by atoms with Gasteiger partial charge in [0.05, 0.1) is 13.7 Å². The van der Waals surface area contributed by atoms with E-state index in [1.165, 1.54) is 0 Å². The van der Waals surface area contributed by atoms with Crippen molar-refractivity contribution < 1.29 is 28.8 Å². The highest BCUT2D eigenvalue weighted by Crippen LogP contribution is 2.06. The standard InChI is InChI=1S/C7H16O7S2/c1-3-4-5-6-7-13-16(10,11)14-15(8,9)12-2/h3-7H2,1-2H3. The summed E-state index contributed by atoms with van der Waals surface area (Å²) in [5.74, 6) is 0. The summed E-state index contributed by atoms with van der Waals surface area (Å²) in [5, 5.41) is 0. The summed E-state index contributed by atoms with van der Waals surface area (Å²) in [6.45, 7) is 1.90. The first-order chi connectivity index (χ1) is 7.33. The van der Waals surface area contributed by atoms with E-state index in [-0.39, 0.29) is 6.61 Å². The van der Waals surface area contributed by atoms with Gasteiger partial charge >= 0.3 is 20.8 Å². The van der Waals surface area contributed by atoms with Crippen LogP contribution in [0.25, 0.3) is 0 Å². The van der Waals surface area contributed by atoms with Gasteiger partial charge in [0.25, 0.3) is 0 Å². The summed E-state index contributed by atoms with van der Waals surface area (Å²) in [4.78, 5) is 0. The van der Waals surface area contributed by atoms with E-state index in [1.54, 1.807) is 0 Å². The second kappa shape index (κ2) is 7.17. The average Bonchev–Trinajstić information content (AvgIpc) is 2.16. The second-order valence-corrected chi connectivity index (χ2v) is 5.68. The Hall–Kier alpha value is -0.220.